The van der Waals surface area contributed by atoms with Crippen molar-refractivity contribution in [2.75, 3.05) is 7.05 Å². The fourth-order valence-corrected chi connectivity index (χ4v) is 3.86. The standard InChI is InChI=1S/C24H22N6O/c1-16(28(2)24(31)18-10-13-22-21(14-18)26-27-29(22)3)17-8-11-19(12-9-17)30-15-25-20-6-4-5-7-23(20)30/h4-16H,1-3H3. The number of carbonyl (C=O) groups is 1. The second-order valence-corrected chi connectivity index (χ2v) is 7.70. The summed E-state index contributed by atoms with van der Waals surface area (Å²) >= 11 is 0. The second kappa shape index (κ2) is 7.36. The third-order valence-corrected chi connectivity index (χ3v) is 5.87. The number of para-hydroxylation sites is 2. The first-order chi connectivity index (χ1) is 15.0. The van der Waals surface area contributed by atoms with Crippen LogP contribution < -0.4 is 0 Å². The van der Waals surface area contributed by atoms with E-state index >= 15 is 0 Å². The van der Waals surface area contributed by atoms with Crippen molar-refractivity contribution in [1.29, 1.82) is 0 Å². The Morgan fingerprint density at radius 3 is 2.55 bits per heavy atom. The van der Waals surface area contributed by atoms with Gasteiger partial charge in [-0.3, -0.25) is 9.36 Å². The van der Waals surface area contributed by atoms with Crippen LogP contribution in [0, 0.1) is 0 Å². The van der Waals surface area contributed by atoms with E-state index in [4.69, 9.17) is 0 Å². The van der Waals surface area contributed by atoms with E-state index in [1.165, 1.54) is 0 Å². The van der Waals surface area contributed by atoms with Crippen LogP contribution in [-0.2, 0) is 7.05 Å². The van der Waals surface area contributed by atoms with Gasteiger partial charge in [-0.2, -0.15) is 0 Å². The fraction of sp³-hybridized carbons (Fsp3) is 0.167. The molecule has 31 heavy (non-hydrogen) atoms. The zero-order valence-electron chi connectivity index (χ0n) is 17.6. The van der Waals surface area contributed by atoms with Gasteiger partial charge in [0.2, 0.25) is 0 Å². The lowest BCUT2D eigenvalue weighted by Crippen LogP contribution is -2.29. The number of imidazole rings is 1. The highest BCUT2D eigenvalue weighted by Gasteiger charge is 2.20. The van der Waals surface area contributed by atoms with E-state index in [0.717, 1.165) is 27.8 Å². The van der Waals surface area contributed by atoms with Gasteiger partial charge in [-0.25, -0.2) is 9.67 Å². The Bertz CT molecular complexity index is 1400. The Balaban J connectivity index is 1.38. The molecule has 0 bridgehead atoms. The van der Waals surface area contributed by atoms with Crippen molar-refractivity contribution in [2.45, 2.75) is 13.0 Å². The smallest absolute Gasteiger partial charge is 0.254 e. The number of rotatable bonds is 4. The van der Waals surface area contributed by atoms with Crippen LogP contribution in [0.5, 0.6) is 0 Å². The predicted molar refractivity (Wildman–Crippen MR) is 120 cm³/mol. The minimum Gasteiger partial charge on any atom is -0.335 e. The van der Waals surface area contributed by atoms with E-state index in [9.17, 15) is 4.79 Å². The van der Waals surface area contributed by atoms with Crippen LogP contribution in [0.1, 0.15) is 28.9 Å². The molecule has 0 aliphatic heterocycles. The summed E-state index contributed by atoms with van der Waals surface area (Å²) in [7, 11) is 3.66. The van der Waals surface area contributed by atoms with Crippen LogP contribution in [0.4, 0.5) is 0 Å². The molecule has 3 aromatic carbocycles. The molecule has 2 aromatic heterocycles. The predicted octanol–water partition coefficient (Wildman–Crippen LogP) is 4.14. The van der Waals surface area contributed by atoms with Gasteiger partial charge in [0.1, 0.15) is 11.8 Å². The van der Waals surface area contributed by atoms with Crippen LogP contribution in [0.15, 0.2) is 73.1 Å². The first kappa shape index (κ1) is 19.0. The summed E-state index contributed by atoms with van der Waals surface area (Å²) in [5.41, 5.74) is 6.33. The van der Waals surface area contributed by atoms with E-state index < -0.39 is 0 Å². The maximum Gasteiger partial charge on any atom is 0.254 e. The van der Waals surface area contributed by atoms with Gasteiger partial charge in [-0.05, 0) is 55.0 Å². The van der Waals surface area contributed by atoms with Gasteiger partial charge in [-0.1, -0.05) is 29.5 Å². The van der Waals surface area contributed by atoms with Crippen LogP contribution >= 0.6 is 0 Å². The Morgan fingerprint density at radius 1 is 0.968 bits per heavy atom. The molecule has 0 N–H and O–H groups in total. The molecule has 0 aliphatic carbocycles. The molecule has 7 heteroatoms. The Kier molecular flexibility index (Phi) is 4.51. The fourth-order valence-electron chi connectivity index (χ4n) is 3.86. The van der Waals surface area contributed by atoms with Crippen molar-refractivity contribution in [1.82, 2.24) is 29.4 Å². The normalized spacial score (nSPS) is 12.4. The zero-order chi connectivity index (χ0) is 21.5. The average molecular weight is 410 g/mol. The molecule has 5 aromatic rings. The number of benzene rings is 3. The van der Waals surface area contributed by atoms with Gasteiger partial charge in [0.25, 0.3) is 5.91 Å². The Morgan fingerprint density at radius 2 is 1.74 bits per heavy atom. The van der Waals surface area contributed by atoms with Gasteiger partial charge in [0.05, 0.1) is 22.6 Å². The SMILES string of the molecule is CC(c1ccc(-n2cnc3ccccc32)cc1)N(C)C(=O)c1ccc2c(c1)nnn2C. The van der Waals surface area contributed by atoms with Crippen LogP contribution in [0.25, 0.3) is 27.8 Å². The molecule has 0 aliphatic rings. The zero-order valence-corrected chi connectivity index (χ0v) is 17.6. The molecule has 0 saturated heterocycles. The van der Waals surface area contributed by atoms with Crippen molar-refractivity contribution >= 4 is 28.0 Å². The third kappa shape index (κ3) is 3.24. The molecule has 7 nitrogen and oxygen atoms in total. The lowest BCUT2D eigenvalue weighted by molar-refractivity contribution is 0.0743. The lowest BCUT2D eigenvalue weighted by atomic mass is 10.1. The van der Waals surface area contributed by atoms with Crippen molar-refractivity contribution < 1.29 is 4.79 Å². The summed E-state index contributed by atoms with van der Waals surface area (Å²) in [5, 5.41) is 8.12. The highest BCUT2D eigenvalue weighted by atomic mass is 16.2. The Hall–Kier alpha value is -4.00. The minimum atomic E-state index is -0.0846. The molecule has 0 saturated carbocycles. The summed E-state index contributed by atoms with van der Waals surface area (Å²) < 4.78 is 3.76. The molecular formula is C24H22N6O. The molecule has 0 spiro atoms. The maximum absolute atomic E-state index is 13.1. The quantitative estimate of drug-likeness (QED) is 0.447. The number of hydrogen-bond acceptors (Lipinski definition) is 4. The average Bonchev–Trinajstić information content (AvgIpc) is 3.41. The highest BCUT2D eigenvalue weighted by molar-refractivity contribution is 5.97. The van der Waals surface area contributed by atoms with Gasteiger partial charge in [-0.15, -0.1) is 5.10 Å². The summed E-state index contributed by atoms with van der Waals surface area (Å²) in [4.78, 5) is 19.3. The summed E-state index contributed by atoms with van der Waals surface area (Å²) in [5.74, 6) is -0.0512. The van der Waals surface area contributed by atoms with E-state index in [1.807, 2.05) is 57.7 Å². The molecule has 0 fully saturated rings. The second-order valence-electron chi connectivity index (χ2n) is 7.70. The van der Waals surface area contributed by atoms with Crippen molar-refractivity contribution in [2.24, 2.45) is 7.05 Å². The number of fused-ring (bicyclic) bond motifs is 2. The van der Waals surface area contributed by atoms with Gasteiger partial charge < -0.3 is 4.90 Å². The minimum absolute atomic E-state index is 0.0512. The maximum atomic E-state index is 13.1. The molecule has 5 rings (SSSR count). The van der Waals surface area contributed by atoms with E-state index in [0.29, 0.717) is 11.1 Å². The lowest BCUT2D eigenvalue weighted by Gasteiger charge is -2.25. The summed E-state index contributed by atoms with van der Waals surface area (Å²) in [6.45, 7) is 2.03. The molecule has 2 heterocycles. The van der Waals surface area contributed by atoms with Crippen molar-refractivity contribution in [3.8, 4) is 5.69 Å². The largest absolute Gasteiger partial charge is 0.335 e. The molecule has 0 radical (unpaired) electrons. The number of carbonyl (C=O) groups excluding carboxylic acids is 1. The van der Waals surface area contributed by atoms with Crippen molar-refractivity contribution in [3.05, 3.63) is 84.2 Å². The van der Waals surface area contributed by atoms with E-state index in [2.05, 4.69) is 50.2 Å². The van der Waals surface area contributed by atoms with Crippen LogP contribution in [0.2, 0.25) is 0 Å². The molecular weight excluding hydrogens is 388 g/mol. The topological polar surface area (TPSA) is 68.8 Å². The van der Waals surface area contributed by atoms with Gasteiger partial charge in [0, 0.05) is 25.3 Å². The van der Waals surface area contributed by atoms with Crippen LogP contribution in [0.3, 0.4) is 0 Å². The monoisotopic (exact) mass is 410 g/mol. The number of hydrogen-bond donors (Lipinski definition) is 0. The molecule has 1 unspecified atom stereocenters. The molecule has 1 amide bonds. The van der Waals surface area contributed by atoms with Crippen molar-refractivity contribution in [3.63, 3.8) is 0 Å². The number of amides is 1. The third-order valence-electron chi connectivity index (χ3n) is 5.87. The number of aryl methyl sites for hydroxylation is 1. The molecule has 1 atom stereocenters. The number of aromatic nitrogens is 5. The van der Waals surface area contributed by atoms with Crippen LogP contribution in [-0.4, -0.2) is 42.4 Å². The van der Waals surface area contributed by atoms with E-state index in [1.54, 1.807) is 15.6 Å². The van der Waals surface area contributed by atoms with E-state index in [-0.39, 0.29) is 11.9 Å². The Labute approximate surface area is 179 Å². The molecule has 154 valence electrons. The van der Waals surface area contributed by atoms with Gasteiger partial charge in [0.15, 0.2) is 0 Å². The highest BCUT2D eigenvalue weighted by Crippen LogP contribution is 2.24. The first-order valence-electron chi connectivity index (χ1n) is 10.1. The first-order valence-corrected chi connectivity index (χ1v) is 10.1. The van der Waals surface area contributed by atoms with Gasteiger partial charge >= 0.3 is 0 Å². The number of nitrogens with zero attached hydrogens (tertiary/aromatic N) is 6. The summed E-state index contributed by atoms with van der Waals surface area (Å²) in [6.07, 6.45) is 1.83. The summed E-state index contributed by atoms with van der Waals surface area (Å²) in [6, 6.07) is 21.7.